The van der Waals surface area contributed by atoms with Crippen LogP contribution < -0.4 is 0 Å². The van der Waals surface area contributed by atoms with Gasteiger partial charge in [0.25, 0.3) is 0 Å². The van der Waals surface area contributed by atoms with Crippen molar-refractivity contribution in [1.82, 2.24) is 0 Å². The van der Waals surface area contributed by atoms with Gasteiger partial charge in [0.2, 0.25) is 0 Å². The standard InChI is InChI=1S/C11H20O3/c1-8(6-12)9-10(2,3)7-13-11(4,5)14-9/h6,8-9H,7H2,1-5H3/t8-,9+/m1/s1. The minimum Gasteiger partial charge on any atom is -0.350 e. The summed E-state index contributed by atoms with van der Waals surface area (Å²) < 4.78 is 11.4. The summed E-state index contributed by atoms with van der Waals surface area (Å²) in [5.41, 5.74) is -0.101. The average molecular weight is 200 g/mol. The highest BCUT2D eigenvalue weighted by molar-refractivity contribution is 5.54. The number of aldehydes is 1. The summed E-state index contributed by atoms with van der Waals surface area (Å²) in [5, 5.41) is 0. The van der Waals surface area contributed by atoms with Gasteiger partial charge in [0.1, 0.15) is 6.29 Å². The minimum atomic E-state index is -0.572. The molecule has 0 radical (unpaired) electrons. The van der Waals surface area contributed by atoms with E-state index in [0.717, 1.165) is 6.29 Å². The Hall–Kier alpha value is -0.410. The van der Waals surface area contributed by atoms with Crippen LogP contribution in [0.15, 0.2) is 0 Å². The molecule has 0 saturated carbocycles. The quantitative estimate of drug-likeness (QED) is 0.639. The Balaban J connectivity index is 2.81. The fraction of sp³-hybridized carbons (Fsp3) is 0.909. The molecule has 3 nitrogen and oxygen atoms in total. The van der Waals surface area contributed by atoms with Gasteiger partial charge in [-0.05, 0) is 13.8 Å². The lowest BCUT2D eigenvalue weighted by atomic mass is 9.80. The number of carbonyl (C=O) groups is 1. The molecular weight excluding hydrogens is 180 g/mol. The molecule has 0 bridgehead atoms. The van der Waals surface area contributed by atoms with E-state index in [9.17, 15) is 4.79 Å². The maximum absolute atomic E-state index is 10.8. The van der Waals surface area contributed by atoms with Gasteiger partial charge in [0.15, 0.2) is 5.79 Å². The molecule has 1 aliphatic heterocycles. The van der Waals surface area contributed by atoms with Crippen molar-refractivity contribution in [3.63, 3.8) is 0 Å². The van der Waals surface area contributed by atoms with Crippen LogP contribution in [0, 0.1) is 11.3 Å². The predicted octanol–water partition coefficient (Wildman–Crippen LogP) is 2.00. The molecular formula is C11H20O3. The van der Waals surface area contributed by atoms with Crippen molar-refractivity contribution in [3.8, 4) is 0 Å². The van der Waals surface area contributed by atoms with E-state index in [4.69, 9.17) is 9.47 Å². The number of hydrogen-bond acceptors (Lipinski definition) is 3. The van der Waals surface area contributed by atoms with Crippen LogP contribution in [0.5, 0.6) is 0 Å². The van der Waals surface area contributed by atoms with E-state index in [-0.39, 0.29) is 17.4 Å². The van der Waals surface area contributed by atoms with Gasteiger partial charge in [-0.1, -0.05) is 20.8 Å². The molecule has 1 rings (SSSR count). The summed E-state index contributed by atoms with van der Waals surface area (Å²) in [6.45, 7) is 10.4. The lowest BCUT2D eigenvalue weighted by molar-refractivity contribution is -0.318. The molecule has 3 heteroatoms. The minimum absolute atomic E-state index is 0.0660. The third-order valence-corrected chi connectivity index (χ3v) is 2.66. The molecule has 0 amide bonds. The number of carbonyl (C=O) groups excluding carboxylic acids is 1. The highest BCUT2D eigenvalue weighted by Gasteiger charge is 2.44. The first-order chi connectivity index (χ1) is 6.28. The van der Waals surface area contributed by atoms with E-state index in [1.165, 1.54) is 0 Å². The summed E-state index contributed by atoms with van der Waals surface area (Å²) >= 11 is 0. The van der Waals surface area contributed by atoms with Gasteiger partial charge in [-0.3, -0.25) is 0 Å². The average Bonchev–Trinajstić information content (AvgIpc) is 2.09. The van der Waals surface area contributed by atoms with Crippen LogP contribution in [-0.4, -0.2) is 24.8 Å². The highest BCUT2D eigenvalue weighted by atomic mass is 16.7. The topological polar surface area (TPSA) is 35.5 Å². The van der Waals surface area contributed by atoms with E-state index >= 15 is 0 Å². The van der Waals surface area contributed by atoms with Gasteiger partial charge < -0.3 is 14.3 Å². The molecule has 0 aromatic heterocycles. The highest BCUT2D eigenvalue weighted by Crippen LogP contribution is 2.37. The Morgan fingerprint density at radius 3 is 2.43 bits per heavy atom. The SMILES string of the molecule is C[C@H](C=O)[C@@H]1OC(C)(C)OCC1(C)C. The zero-order chi connectivity index (χ0) is 11.0. The Bertz CT molecular complexity index is 221. The van der Waals surface area contributed by atoms with Gasteiger partial charge in [-0.2, -0.15) is 0 Å². The Kier molecular flexibility index (Phi) is 3.02. The molecule has 1 heterocycles. The molecule has 14 heavy (non-hydrogen) atoms. The summed E-state index contributed by atoms with van der Waals surface area (Å²) in [7, 11) is 0. The third-order valence-electron chi connectivity index (χ3n) is 2.66. The van der Waals surface area contributed by atoms with Crippen LogP contribution in [0.4, 0.5) is 0 Å². The predicted molar refractivity (Wildman–Crippen MR) is 53.9 cm³/mol. The fourth-order valence-electron chi connectivity index (χ4n) is 1.83. The van der Waals surface area contributed by atoms with Crippen LogP contribution in [0.3, 0.4) is 0 Å². The Labute approximate surface area is 85.8 Å². The van der Waals surface area contributed by atoms with Gasteiger partial charge in [0, 0.05) is 11.3 Å². The molecule has 1 aliphatic rings. The van der Waals surface area contributed by atoms with Crippen LogP contribution in [0.1, 0.15) is 34.6 Å². The molecule has 1 fully saturated rings. The molecule has 0 aromatic rings. The van der Waals surface area contributed by atoms with Crippen LogP contribution in [0.2, 0.25) is 0 Å². The van der Waals surface area contributed by atoms with Crippen LogP contribution in [0.25, 0.3) is 0 Å². The van der Waals surface area contributed by atoms with Gasteiger partial charge >= 0.3 is 0 Å². The second kappa shape index (κ2) is 3.63. The first-order valence-corrected chi connectivity index (χ1v) is 5.05. The first-order valence-electron chi connectivity index (χ1n) is 5.05. The van der Waals surface area contributed by atoms with E-state index < -0.39 is 5.79 Å². The van der Waals surface area contributed by atoms with Crippen molar-refractivity contribution in [2.45, 2.75) is 46.5 Å². The molecule has 82 valence electrons. The summed E-state index contributed by atoms with van der Waals surface area (Å²) in [5.74, 6) is -0.662. The summed E-state index contributed by atoms with van der Waals surface area (Å²) in [6.07, 6.45) is 0.886. The number of rotatable bonds is 2. The lowest BCUT2D eigenvalue weighted by Gasteiger charge is -2.47. The van der Waals surface area contributed by atoms with E-state index in [0.29, 0.717) is 6.61 Å². The zero-order valence-electron chi connectivity index (χ0n) is 9.66. The summed E-state index contributed by atoms with van der Waals surface area (Å²) in [4.78, 5) is 10.8. The van der Waals surface area contributed by atoms with E-state index in [1.807, 2.05) is 20.8 Å². The first kappa shape index (κ1) is 11.7. The van der Waals surface area contributed by atoms with Crippen molar-refractivity contribution in [2.24, 2.45) is 11.3 Å². The van der Waals surface area contributed by atoms with Gasteiger partial charge in [0.05, 0.1) is 12.7 Å². The number of hydrogen-bond donors (Lipinski definition) is 0. The van der Waals surface area contributed by atoms with Crippen molar-refractivity contribution >= 4 is 6.29 Å². The molecule has 2 atom stereocenters. The smallest absolute Gasteiger partial charge is 0.163 e. The van der Waals surface area contributed by atoms with Gasteiger partial charge in [-0.15, -0.1) is 0 Å². The fourth-order valence-corrected chi connectivity index (χ4v) is 1.83. The molecule has 0 spiro atoms. The number of ether oxygens (including phenoxy) is 2. The zero-order valence-corrected chi connectivity index (χ0v) is 9.66. The summed E-state index contributed by atoms with van der Waals surface area (Å²) in [6, 6.07) is 0. The monoisotopic (exact) mass is 200 g/mol. The molecule has 1 saturated heterocycles. The maximum atomic E-state index is 10.8. The maximum Gasteiger partial charge on any atom is 0.163 e. The largest absolute Gasteiger partial charge is 0.350 e. The van der Waals surface area contributed by atoms with Crippen molar-refractivity contribution in [1.29, 1.82) is 0 Å². The Morgan fingerprint density at radius 2 is 1.93 bits per heavy atom. The second-order valence-corrected chi connectivity index (χ2v) is 5.21. The van der Waals surface area contributed by atoms with Crippen molar-refractivity contribution in [2.75, 3.05) is 6.61 Å². The molecule has 0 aromatic carbocycles. The van der Waals surface area contributed by atoms with Gasteiger partial charge in [-0.25, -0.2) is 0 Å². The van der Waals surface area contributed by atoms with Crippen LogP contribution in [-0.2, 0) is 14.3 Å². The second-order valence-electron chi connectivity index (χ2n) is 5.21. The van der Waals surface area contributed by atoms with E-state index in [2.05, 4.69) is 13.8 Å². The molecule has 0 aliphatic carbocycles. The van der Waals surface area contributed by atoms with Crippen molar-refractivity contribution in [3.05, 3.63) is 0 Å². The lowest BCUT2D eigenvalue weighted by Crippen LogP contribution is -2.53. The molecule has 0 N–H and O–H groups in total. The van der Waals surface area contributed by atoms with Crippen molar-refractivity contribution < 1.29 is 14.3 Å². The van der Waals surface area contributed by atoms with Crippen LogP contribution >= 0.6 is 0 Å². The molecule has 0 unspecified atom stereocenters. The Morgan fingerprint density at radius 1 is 1.36 bits per heavy atom. The third kappa shape index (κ3) is 2.34. The normalized spacial score (nSPS) is 32.2. The van der Waals surface area contributed by atoms with E-state index in [1.54, 1.807) is 0 Å².